The second-order valence-corrected chi connectivity index (χ2v) is 7.29. The molecule has 0 radical (unpaired) electrons. The Labute approximate surface area is 193 Å². The number of rotatable bonds is 11. The number of benzene rings is 2. The van der Waals surface area contributed by atoms with Crippen LogP contribution in [0.3, 0.4) is 0 Å². The van der Waals surface area contributed by atoms with Crippen molar-refractivity contribution in [3.63, 3.8) is 0 Å². The van der Waals surface area contributed by atoms with Crippen LogP contribution in [-0.2, 0) is 14.3 Å². The monoisotopic (exact) mass is 458 g/mol. The largest absolute Gasteiger partial charge is 0.493 e. The van der Waals surface area contributed by atoms with Crippen LogP contribution in [0, 0.1) is 0 Å². The molecule has 9 heteroatoms. The van der Waals surface area contributed by atoms with Crippen LogP contribution in [0.15, 0.2) is 42.5 Å². The van der Waals surface area contributed by atoms with Gasteiger partial charge in [0.25, 0.3) is 11.8 Å². The molecule has 0 aliphatic heterocycles. The highest BCUT2D eigenvalue weighted by atomic mass is 16.5. The van der Waals surface area contributed by atoms with E-state index in [-0.39, 0.29) is 11.5 Å². The molecule has 2 N–H and O–H groups in total. The van der Waals surface area contributed by atoms with Crippen LogP contribution < -0.4 is 24.8 Å². The lowest BCUT2D eigenvalue weighted by molar-refractivity contribution is -0.153. The van der Waals surface area contributed by atoms with Gasteiger partial charge in [-0.15, -0.1) is 0 Å². The number of hydrogen-bond donors (Lipinski definition) is 2. The van der Waals surface area contributed by atoms with Crippen molar-refractivity contribution in [2.75, 3.05) is 34.4 Å². The van der Waals surface area contributed by atoms with E-state index >= 15 is 0 Å². The van der Waals surface area contributed by atoms with E-state index in [2.05, 4.69) is 10.6 Å². The molecule has 0 aliphatic carbocycles. The molecule has 0 bridgehead atoms. The maximum atomic E-state index is 12.5. The number of amides is 2. The zero-order chi connectivity index (χ0) is 24.4. The standard InChI is InChI=1S/C24H30N2O7/c1-15(17-9-7-6-8-10-17)13-25-23(28)16(2)33-21(27)14-26-24(29)18-11-19(30-3)22(32-5)20(12-18)31-4/h6-12,15-16H,13-14H2,1-5H3,(H,25,28)(H,26,29). The molecule has 9 nitrogen and oxygen atoms in total. The van der Waals surface area contributed by atoms with Crippen molar-refractivity contribution in [3.05, 3.63) is 53.6 Å². The van der Waals surface area contributed by atoms with Gasteiger partial charge in [0.05, 0.1) is 21.3 Å². The minimum Gasteiger partial charge on any atom is -0.493 e. The fourth-order valence-corrected chi connectivity index (χ4v) is 3.06. The van der Waals surface area contributed by atoms with Gasteiger partial charge in [0.15, 0.2) is 17.6 Å². The van der Waals surface area contributed by atoms with Crippen LogP contribution >= 0.6 is 0 Å². The normalized spacial score (nSPS) is 12.2. The van der Waals surface area contributed by atoms with Crippen LogP contribution in [0.5, 0.6) is 17.2 Å². The first-order valence-electron chi connectivity index (χ1n) is 10.4. The van der Waals surface area contributed by atoms with Gasteiger partial charge in [-0.1, -0.05) is 37.3 Å². The maximum Gasteiger partial charge on any atom is 0.326 e. The number of nitrogens with one attached hydrogen (secondary N) is 2. The number of carbonyl (C=O) groups is 3. The predicted molar refractivity (Wildman–Crippen MR) is 122 cm³/mol. The van der Waals surface area contributed by atoms with Crippen LogP contribution in [-0.4, -0.2) is 58.3 Å². The molecule has 0 heterocycles. The first-order valence-corrected chi connectivity index (χ1v) is 10.4. The Bertz CT molecular complexity index is 938. The summed E-state index contributed by atoms with van der Waals surface area (Å²) in [4.78, 5) is 36.8. The van der Waals surface area contributed by atoms with Crippen molar-refractivity contribution in [3.8, 4) is 17.2 Å². The summed E-state index contributed by atoms with van der Waals surface area (Å²) in [6.07, 6.45) is -1.00. The molecular weight excluding hydrogens is 428 g/mol. The SMILES string of the molecule is COc1cc(C(=O)NCC(=O)OC(C)C(=O)NCC(C)c2ccccc2)cc(OC)c1OC. The van der Waals surface area contributed by atoms with E-state index in [1.54, 1.807) is 0 Å². The molecule has 0 spiro atoms. The van der Waals surface area contributed by atoms with Gasteiger partial charge in [-0.25, -0.2) is 0 Å². The molecule has 178 valence electrons. The smallest absolute Gasteiger partial charge is 0.326 e. The first kappa shape index (κ1) is 25.5. The summed E-state index contributed by atoms with van der Waals surface area (Å²) < 4.78 is 20.8. The Balaban J connectivity index is 1.85. The molecule has 0 saturated carbocycles. The third kappa shape index (κ3) is 7.13. The highest BCUT2D eigenvalue weighted by Gasteiger charge is 2.20. The van der Waals surface area contributed by atoms with E-state index < -0.39 is 30.4 Å². The predicted octanol–water partition coefficient (Wildman–Crippen LogP) is 2.29. The van der Waals surface area contributed by atoms with Crippen molar-refractivity contribution in [1.29, 1.82) is 0 Å². The Morgan fingerprint density at radius 2 is 1.48 bits per heavy atom. The number of ether oxygens (including phenoxy) is 4. The van der Waals surface area contributed by atoms with Gasteiger partial charge < -0.3 is 29.6 Å². The minimum absolute atomic E-state index is 0.107. The Kier molecular flexibility index (Phi) is 9.53. The van der Waals surface area contributed by atoms with Crippen molar-refractivity contribution in [2.45, 2.75) is 25.9 Å². The van der Waals surface area contributed by atoms with E-state index in [0.29, 0.717) is 23.8 Å². The fourth-order valence-electron chi connectivity index (χ4n) is 3.06. The van der Waals surface area contributed by atoms with E-state index in [0.717, 1.165) is 5.56 Å². The second kappa shape index (κ2) is 12.3. The number of carbonyl (C=O) groups excluding carboxylic acids is 3. The molecule has 2 aromatic rings. The number of esters is 1. The average Bonchev–Trinajstić information content (AvgIpc) is 2.84. The summed E-state index contributed by atoms with van der Waals surface area (Å²) in [6, 6.07) is 12.7. The third-order valence-corrected chi connectivity index (χ3v) is 4.95. The van der Waals surface area contributed by atoms with Crippen LogP contribution in [0.4, 0.5) is 0 Å². The molecule has 0 fully saturated rings. The summed E-state index contributed by atoms with van der Waals surface area (Å²) in [5.74, 6) is -0.635. The van der Waals surface area contributed by atoms with Gasteiger partial charge in [-0.3, -0.25) is 14.4 Å². The highest BCUT2D eigenvalue weighted by molar-refractivity contribution is 5.97. The zero-order valence-corrected chi connectivity index (χ0v) is 19.5. The van der Waals surface area contributed by atoms with Crippen molar-refractivity contribution < 1.29 is 33.3 Å². The van der Waals surface area contributed by atoms with Crippen molar-refractivity contribution in [2.24, 2.45) is 0 Å². The first-order chi connectivity index (χ1) is 15.8. The van der Waals surface area contributed by atoms with Gasteiger partial charge in [0, 0.05) is 12.1 Å². The Morgan fingerprint density at radius 1 is 0.879 bits per heavy atom. The van der Waals surface area contributed by atoms with Gasteiger partial charge in [0.2, 0.25) is 5.75 Å². The minimum atomic E-state index is -1.00. The van der Waals surface area contributed by atoms with Crippen LogP contribution in [0.1, 0.15) is 35.7 Å². The molecule has 2 atom stereocenters. The molecule has 2 aromatic carbocycles. The molecular formula is C24H30N2O7. The number of methoxy groups -OCH3 is 3. The van der Waals surface area contributed by atoms with Crippen LogP contribution in [0.2, 0.25) is 0 Å². The number of hydrogen-bond acceptors (Lipinski definition) is 7. The van der Waals surface area contributed by atoms with E-state index in [9.17, 15) is 14.4 Å². The van der Waals surface area contributed by atoms with Crippen LogP contribution in [0.25, 0.3) is 0 Å². The maximum absolute atomic E-state index is 12.5. The summed E-state index contributed by atoms with van der Waals surface area (Å²) >= 11 is 0. The third-order valence-electron chi connectivity index (χ3n) is 4.95. The van der Waals surface area contributed by atoms with Gasteiger partial charge >= 0.3 is 5.97 Å². The molecule has 2 rings (SSSR count). The molecule has 33 heavy (non-hydrogen) atoms. The van der Waals surface area contributed by atoms with Gasteiger partial charge in [0.1, 0.15) is 6.54 Å². The van der Waals surface area contributed by atoms with E-state index in [1.165, 1.54) is 40.4 Å². The zero-order valence-electron chi connectivity index (χ0n) is 19.5. The molecule has 2 amide bonds. The van der Waals surface area contributed by atoms with Crippen molar-refractivity contribution in [1.82, 2.24) is 10.6 Å². The molecule has 0 aliphatic rings. The summed E-state index contributed by atoms with van der Waals surface area (Å²) in [5, 5.41) is 5.23. The fraction of sp³-hybridized carbons (Fsp3) is 0.375. The Morgan fingerprint density at radius 3 is 2.03 bits per heavy atom. The lowest BCUT2D eigenvalue weighted by Gasteiger charge is -2.17. The summed E-state index contributed by atoms with van der Waals surface area (Å²) in [7, 11) is 4.32. The quantitative estimate of drug-likeness (QED) is 0.497. The molecule has 0 saturated heterocycles. The molecule has 2 unspecified atom stereocenters. The second-order valence-electron chi connectivity index (χ2n) is 7.29. The summed E-state index contributed by atoms with van der Waals surface area (Å²) in [5.41, 5.74) is 1.30. The Hall–Kier alpha value is -3.75. The topological polar surface area (TPSA) is 112 Å². The lowest BCUT2D eigenvalue weighted by atomic mass is 10.0. The van der Waals surface area contributed by atoms with E-state index in [1.807, 2.05) is 37.3 Å². The van der Waals surface area contributed by atoms with E-state index in [4.69, 9.17) is 18.9 Å². The van der Waals surface area contributed by atoms with Gasteiger partial charge in [-0.05, 0) is 30.5 Å². The lowest BCUT2D eigenvalue weighted by Crippen LogP contribution is -2.39. The summed E-state index contributed by atoms with van der Waals surface area (Å²) in [6.45, 7) is 3.46. The molecule has 0 aromatic heterocycles. The van der Waals surface area contributed by atoms with Crippen molar-refractivity contribution >= 4 is 17.8 Å². The average molecular weight is 459 g/mol. The van der Waals surface area contributed by atoms with Gasteiger partial charge in [-0.2, -0.15) is 0 Å². The highest BCUT2D eigenvalue weighted by Crippen LogP contribution is 2.38.